The van der Waals surface area contributed by atoms with Gasteiger partial charge in [-0.15, -0.1) is 5.10 Å². The molecule has 2 rings (SSSR count). The molecule has 3 N–H and O–H groups in total. The first-order valence-corrected chi connectivity index (χ1v) is 10.7. The van der Waals surface area contributed by atoms with E-state index in [1.54, 1.807) is 13.8 Å². The smallest absolute Gasteiger partial charge is 0.251 e. The van der Waals surface area contributed by atoms with Crippen LogP contribution in [0.25, 0.3) is 0 Å². The molecule has 0 aliphatic rings. The van der Waals surface area contributed by atoms with Gasteiger partial charge in [-0.2, -0.15) is 0 Å². The molecule has 2 aromatic rings. The third kappa shape index (κ3) is 5.94. The first-order chi connectivity index (χ1) is 12.7. The lowest BCUT2D eigenvalue weighted by molar-refractivity contribution is 0.0956. The molecule has 0 saturated carbocycles. The number of aromatic amines is 1. The highest BCUT2D eigenvalue weighted by Gasteiger charge is 2.22. The van der Waals surface area contributed by atoms with Crippen LogP contribution in [0, 0.1) is 6.92 Å². The molecule has 0 saturated heterocycles. The van der Waals surface area contributed by atoms with Crippen LogP contribution in [0.5, 0.6) is 5.75 Å². The van der Waals surface area contributed by atoms with E-state index in [1.165, 1.54) is 37.1 Å². The van der Waals surface area contributed by atoms with Gasteiger partial charge in [0.2, 0.25) is 15.2 Å². The summed E-state index contributed by atoms with van der Waals surface area (Å²) < 4.78 is 32.6. The van der Waals surface area contributed by atoms with Crippen LogP contribution < -0.4 is 14.8 Å². The van der Waals surface area contributed by atoms with Crippen molar-refractivity contribution in [1.29, 1.82) is 0 Å². The van der Waals surface area contributed by atoms with Gasteiger partial charge >= 0.3 is 0 Å². The molecule has 1 aromatic heterocycles. The molecule has 1 aromatic carbocycles. The predicted octanol–water partition coefficient (Wildman–Crippen LogP) is 1.33. The third-order valence-corrected chi connectivity index (χ3v) is 5.83. The molecule has 0 atom stereocenters. The number of carbonyl (C=O) groups excluding carboxylic acids is 1. The molecule has 0 radical (unpaired) electrons. The van der Waals surface area contributed by atoms with Gasteiger partial charge in [0.1, 0.15) is 16.5 Å². The summed E-state index contributed by atoms with van der Waals surface area (Å²) in [4.78, 5) is 16.4. The maximum atomic E-state index is 12.5. The number of sulfonamides is 1. The predicted molar refractivity (Wildman–Crippen MR) is 103 cm³/mol. The fourth-order valence-electron chi connectivity index (χ4n) is 2.20. The summed E-state index contributed by atoms with van der Waals surface area (Å²) in [5, 5.41) is 10.1. The average Bonchev–Trinajstić information content (AvgIpc) is 3.02. The second kappa shape index (κ2) is 9.20. The molecule has 0 aliphatic carbocycles. The Morgan fingerprint density at radius 2 is 2.11 bits per heavy atom. The van der Waals surface area contributed by atoms with Crippen molar-refractivity contribution in [3.8, 4) is 5.75 Å². The molecule has 9 nitrogen and oxygen atoms in total. The quantitative estimate of drug-likeness (QED) is 0.418. The Bertz CT molecular complexity index is 896. The molecule has 148 valence electrons. The van der Waals surface area contributed by atoms with Gasteiger partial charge < -0.3 is 10.1 Å². The summed E-state index contributed by atoms with van der Waals surface area (Å²) in [6.45, 7) is 5.62. The van der Waals surface area contributed by atoms with E-state index in [0.29, 0.717) is 17.5 Å². The Balaban J connectivity index is 2.04. The van der Waals surface area contributed by atoms with Crippen LogP contribution >= 0.6 is 11.8 Å². The number of amides is 1. The Morgan fingerprint density at radius 1 is 1.37 bits per heavy atom. The minimum absolute atomic E-state index is 0.0723. The fourth-order valence-corrected chi connectivity index (χ4v) is 4.34. The van der Waals surface area contributed by atoms with Gasteiger partial charge in [0.25, 0.3) is 5.91 Å². The number of benzene rings is 1. The van der Waals surface area contributed by atoms with E-state index in [-0.39, 0.29) is 28.2 Å². The lowest BCUT2D eigenvalue weighted by atomic mass is 10.2. The van der Waals surface area contributed by atoms with Crippen molar-refractivity contribution >= 4 is 27.7 Å². The monoisotopic (exact) mass is 413 g/mol. The maximum absolute atomic E-state index is 12.5. The minimum Gasteiger partial charge on any atom is -0.495 e. The number of methoxy groups -OCH3 is 1. The SMILES string of the molecule is COc1ccc(C(=O)NCCSc2n[nH]c(C)n2)cc1S(=O)(=O)NC(C)C. The Kier molecular flexibility index (Phi) is 7.22. The standard InChI is InChI=1S/C16H23N5O4S2/c1-10(2)21-27(23,24)14-9-12(5-6-13(14)25-4)15(22)17-7-8-26-16-18-11(3)19-20-16/h5-6,9-10,21H,7-8H2,1-4H3,(H,17,22)(H,18,19,20). The van der Waals surface area contributed by atoms with Gasteiger partial charge in [-0.3, -0.25) is 9.89 Å². The first-order valence-electron chi connectivity index (χ1n) is 8.23. The molecule has 0 bridgehead atoms. The van der Waals surface area contributed by atoms with Crippen molar-refractivity contribution in [2.24, 2.45) is 0 Å². The highest BCUT2D eigenvalue weighted by molar-refractivity contribution is 7.99. The van der Waals surface area contributed by atoms with Crippen molar-refractivity contribution in [2.75, 3.05) is 19.4 Å². The molecule has 0 unspecified atom stereocenters. The van der Waals surface area contributed by atoms with Crippen LogP contribution in [-0.4, -0.2) is 55.0 Å². The number of nitrogens with one attached hydrogen (secondary N) is 3. The second-order valence-corrected chi connectivity index (χ2v) is 8.69. The number of ether oxygens (including phenoxy) is 1. The number of aryl methyl sites for hydroxylation is 1. The van der Waals surface area contributed by atoms with Crippen LogP contribution in [0.2, 0.25) is 0 Å². The second-order valence-electron chi connectivity index (χ2n) is 5.95. The largest absolute Gasteiger partial charge is 0.495 e. The van der Waals surface area contributed by atoms with Crippen molar-refractivity contribution < 1.29 is 17.9 Å². The molecule has 27 heavy (non-hydrogen) atoms. The molecule has 11 heteroatoms. The van der Waals surface area contributed by atoms with E-state index >= 15 is 0 Å². The van der Waals surface area contributed by atoms with E-state index in [2.05, 4.69) is 25.2 Å². The number of carbonyl (C=O) groups is 1. The summed E-state index contributed by atoms with van der Waals surface area (Å²) in [6.07, 6.45) is 0. The molecule has 0 spiro atoms. The average molecular weight is 414 g/mol. The van der Waals surface area contributed by atoms with E-state index in [4.69, 9.17) is 4.74 Å². The molecule has 0 fully saturated rings. The van der Waals surface area contributed by atoms with E-state index in [1.807, 2.05) is 6.92 Å². The van der Waals surface area contributed by atoms with Crippen LogP contribution in [0.15, 0.2) is 28.3 Å². The van der Waals surface area contributed by atoms with E-state index < -0.39 is 10.0 Å². The highest BCUT2D eigenvalue weighted by Crippen LogP contribution is 2.25. The van der Waals surface area contributed by atoms with Crippen LogP contribution in [-0.2, 0) is 10.0 Å². The zero-order valence-electron chi connectivity index (χ0n) is 15.6. The van der Waals surface area contributed by atoms with E-state index in [0.717, 1.165) is 5.82 Å². The van der Waals surface area contributed by atoms with E-state index in [9.17, 15) is 13.2 Å². The topological polar surface area (TPSA) is 126 Å². The number of nitrogens with zero attached hydrogens (tertiary/aromatic N) is 2. The normalized spacial score (nSPS) is 11.6. The minimum atomic E-state index is -3.80. The van der Waals surface area contributed by atoms with Gasteiger partial charge in [-0.25, -0.2) is 18.1 Å². The summed E-state index contributed by atoms with van der Waals surface area (Å²) >= 11 is 1.40. The van der Waals surface area contributed by atoms with Crippen LogP contribution in [0.3, 0.4) is 0 Å². The molecular formula is C16H23N5O4S2. The molecule has 1 amide bonds. The molecule has 1 heterocycles. The van der Waals surface area contributed by atoms with Crippen molar-refractivity contribution in [1.82, 2.24) is 25.2 Å². The number of thioether (sulfide) groups is 1. The highest BCUT2D eigenvalue weighted by atomic mass is 32.2. The van der Waals surface area contributed by atoms with Gasteiger partial charge in [-0.1, -0.05) is 11.8 Å². The Labute approximate surface area is 162 Å². The summed E-state index contributed by atoms with van der Waals surface area (Å²) in [5.41, 5.74) is 0.235. The number of rotatable bonds is 9. The first kappa shape index (κ1) is 21.2. The zero-order valence-corrected chi connectivity index (χ0v) is 17.2. The lowest BCUT2D eigenvalue weighted by Crippen LogP contribution is -2.31. The van der Waals surface area contributed by atoms with Crippen molar-refractivity contribution in [3.05, 3.63) is 29.6 Å². The number of aromatic nitrogens is 3. The number of hydrogen-bond acceptors (Lipinski definition) is 7. The maximum Gasteiger partial charge on any atom is 0.251 e. The number of H-pyrrole nitrogens is 1. The van der Waals surface area contributed by atoms with Crippen molar-refractivity contribution in [3.63, 3.8) is 0 Å². The fraction of sp³-hybridized carbons (Fsp3) is 0.438. The Morgan fingerprint density at radius 3 is 2.70 bits per heavy atom. The van der Waals surface area contributed by atoms with Crippen LogP contribution in [0.4, 0.5) is 0 Å². The van der Waals surface area contributed by atoms with Crippen molar-refractivity contribution in [2.45, 2.75) is 36.9 Å². The molecular weight excluding hydrogens is 390 g/mol. The van der Waals surface area contributed by atoms with Crippen LogP contribution in [0.1, 0.15) is 30.0 Å². The summed E-state index contributed by atoms with van der Waals surface area (Å²) in [7, 11) is -2.42. The Hall–Kier alpha value is -2.11. The van der Waals surface area contributed by atoms with Gasteiger partial charge in [0, 0.05) is 23.9 Å². The summed E-state index contributed by atoms with van der Waals surface area (Å²) in [6, 6.07) is 4.02. The molecule has 0 aliphatic heterocycles. The van der Waals surface area contributed by atoms with Gasteiger partial charge in [-0.05, 0) is 39.0 Å². The third-order valence-electron chi connectivity index (χ3n) is 3.30. The zero-order chi connectivity index (χ0) is 20.0. The number of hydrogen-bond donors (Lipinski definition) is 3. The lowest BCUT2D eigenvalue weighted by Gasteiger charge is -2.14. The van der Waals surface area contributed by atoms with Gasteiger partial charge in [0.15, 0.2) is 0 Å². The van der Waals surface area contributed by atoms with Gasteiger partial charge in [0.05, 0.1) is 7.11 Å². The summed E-state index contributed by atoms with van der Waals surface area (Å²) in [5.74, 6) is 1.11.